The standard InChI is InChI=1S/C8H9ClN2/c1-6-3-2-4-7(5-6)8(10)11-9/h2-5H,1H3,(H2,10,11). The molecule has 1 rings (SSSR count). The van der Waals surface area contributed by atoms with Crippen LogP contribution in [-0.2, 0) is 0 Å². The molecule has 11 heavy (non-hydrogen) atoms. The van der Waals surface area contributed by atoms with Crippen molar-refractivity contribution in [2.24, 2.45) is 10.2 Å². The summed E-state index contributed by atoms with van der Waals surface area (Å²) in [4.78, 5) is 0. The summed E-state index contributed by atoms with van der Waals surface area (Å²) in [6.07, 6.45) is 0. The Balaban J connectivity index is 3.06. The van der Waals surface area contributed by atoms with E-state index in [1.165, 1.54) is 0 Å². The first kappa shape index (κ1) is 8.08. The van der Waals surface area contributed by atoms with Gasteiger partial charge in [-0.1, -0.05) is 23.8 Å². The molecule has 2 N–H and O–H groups in total. The van der Waals surface area contributed by atoms with Gasteiger partial charge in [-0.3, -0.25) is 0 Å². The lowest BCUT2D eigenvalue weighted by Gasteiger charge is -1.98. The molecular weight excluding hydrogens is 160 g/mol. The predicted octanol–water partition coefficient (Wildman–Crippen LogP) is 1.85. The normalized spacial score (nSPS) is 11.6. The number of nitrogens with zero attached hydrogens (tertiary/aromatic N) is 1. The molecule has 0 spiro atoms. The maximum atomic E-state index is 5.48. The summed E-state index contributed by atoms with van der Waals surface area (Å²) in [5, 5.41) is 0. The van der Waals surface area contributed by atoms with Gasteiger partial charge in [0.2, 0.25) is 0 Å². The van der Waals surface area contributed by atoms with Crippen LogP contribution < -0.4 is 5.73 Å². The average Bonchev–Trinajstić information content (AvgIpc) is 2.03. The SMILES string of the molecule is Cc1cccc(/C(N)=N/Cl)c1. The van der Waals surface area contributed by atoms with E-state index in [9.17, 15) is 0 Å². The van der Waals surface area contributed by atoms with Gasteiger partial charge in [-0.2, -0.15) is 4.51 Å². The molecule has 0 heterocycles. The van der Waals surface area contributed by atoms with E-state index >= 15 is 0 Å². The molecule has 0 radical (unpaired) electrons. The largest absolute Gasteiger partial charge is 0.382 e. The molecule has 0 aromatic heterocycles. The second-order valence-corrected chi connectivity index (χ2v) is 2.51. The molecule has 1 aromatic carbocycles. The third-order valence-corrected chi connectivity index (χ3v) is 1.59. The lowest BCUT2D eigenvalue weighted by molar-refractivity contribution is 1.44. The zero-order valence-corrected chi connectivity index (χ0v) is 6.97. The quantitative estimate of drug-likeness (QED) is 0.505. The van der Waals surface area contributed by atoms with Crippen molar-refractivity contribution < 1.29 is 0 Å². The van der Waals surface area contributed by atoms with Gasteiger partial charge in [0.15, 0.2) is 0 Å². The van der Waals surface area contributed by atoms with Crippen molar-refractivity contribution in [2.75, 3.05) is 0 Å². The zero-order chi connectivity index (χ0) is 8.27. The summed E-state index contributed by atoms with van der Waals surface area (Å²) in [5.74, 6) is 0.357. The smallest absolute Gasteiger partial charge is 0.145 e. The monoisotopic (exact) mass is 168 g/mol. The minimum Gasteiger partial charge on any atom is -0.382 e. The van der Waals surface area contributed by atoms with E-state index in [0.717, 1.165) is 11.1 Å². The topological polar surface area (TPSA) is 38.4 Å². The molecule has 2 nitrogen and oxygen atoms in total. The van der Waals surface area contributed by atoms with Crippen molar-refractivity contribution in [3.63, 3.8) is 0 Å². The number of benzene rings is 1. The summed E-state index contributed by atoms with van der Waals surface area (Å²) in [5.41, 5.74) is 7.49. The molecule has 0 atom stereocenters. The van der Waals surface area contributed by atoms with Gasteiger partial charge in [0, 0.05) is 17.3 Å². The van der Waals surface area contributed by atoms with Crippen LogP contribution in [0.25, 0.3) is 0 Å². The number of rotatable bonds is 1. The van der Waals surface area contributed by atoms with Crippen LogP contribution in [0, 0.1) is 6.92 Å². The molecule has 0 fully saturated rings. The fourth-order valence-electron chi connectivity index (χ4n) is 0.853. The summed E-state index contributed by atoms with van der Waals surface area (Å²) < 4.78 is 3.37. The molecule has 0 amide bonds. The highest BCUT2D eigenvalue weighted by molar-refractivity contribution is 6.22. The molecule has 0 aliphatic rings. The van der Waals surface area contributed by atoms with Crippen LogP contribution >= 0.6 is 11.8 Å². The maximum Gasteiger partial charge on any atom is 0.145 e. The molecule has 58 valence electrons. The molecule has 0 unspecified atom stereocenters. The van der Waals surface area contributed by atoms with E-state index in [1.807, 2.05) is 31.2 Å². The van der Waals surface area contributed by atoms with Gasteiger partial charge in [0.05, 0.1) is 0 Å². The average molecular weight is 169 g/mol. The fourth-order valence-corrected chi connectivity index (χ4v) is 0.951. The highest BCUT2D eigenvalue weighted by Gasteiger charge is 1.95. The van der Waals surface area contributed by atoms with Crippen LogP contribution in [0.4, 0.5) is 0 Å². The van der Waals surface area contributed by atoms with E-state index in [-0.39, 0.29) is 0 Å². The van der Waals surface area contributed by atoms with Gasteiger partial charge in [0.1, 0.15) is 5.84 Å². The Labute approximate surface area is 70.8 Å². The second-order valence-electron chi connectivity index (χ2n) is 2.34. The van der Waals surface area contributed by atoms with Crippen molar-refractivity contribution in [1.29, 1.82) is 0 Å². The molecule has 0 aliphatic heterocycles. The second kappa shape index (κ2) is 3.39. The highest BCUT2D eigenvalue weighted by Crippen LogP contribution is 2.03. The van der Waals surface area contributed by atoms with Crippen molar-refractivity contribution in [3.05, 3.63) is 35.4 Å². The Bertz CT molecular complexity index is 281. The summed E-state index contributed by atoms with van der Waals surface area (Å²) in [6.45, 7) is 1.99. The van der Waals surface area contributed by atoms with Crippen LogP contribution in [0.1, 0.15) is 11.1 Å². The van der Waals surface area contributed by atoms with Gasteiger partial charge in [0.25, 0.3) is 0 Å². The Morgan fingerprint density at radius 3 is 2.82 bits per heavy atom. The zero-order valence-electron chi connectivity index (χ0n) is 6.21. The summed E-state index contributed by atoms with van der Waals surface area (Å²) in [6, 6.07) is 7.71. The number of halogens is 1. The first-order valence-corrected chi connectivity index (χ1v) is 3.59. The van der Waals surface area contributed by atoms with Crippen LogP contribution in [-0.4, -0.2) is 5.84 Å². The lowest BCUT2D eigenvalue weighted by atomic mass is 10.1. The van der Waals surface area contributed by atoms with Crippen molar-refractivity contribution in [1.82, 2.24) is 0 Å². The number of amidine groups is 1. The van der Waals surface area contributed by atoms with Crippen LogP contribution in [0.15, 0.2) is 28.8 Å². The Morgan fingerprint density at radius 1 is 1.55 bits per heavy atom. The van der Waals surface area contributed by atoms with Gasteiger partial charge >= 0.3 is 0 Å². The molecule has 1 aromatic rings. The van der Waals surface area contributed by atoms with Crippen molar-refractivity contribution in [3.8, 4) is 0 Å². The Kier molecular flexibility index (Phi) is 2.49. The van der Waals surface area contributed by atoms with E-state index in [0.29, 0.717) is 5.84 Å². The van der Waals surface area contributed by atoms with Crippen LogP contribution in [0.3, 0.4) is 0 Å². The highest BCUT2D eigenvalue weighted by atomic mass is 35.5. The number of nitrogens with two attached hydrogens (primary N) is 1. The van der Waals surface area contributed by atoms with E-state index in [1.54, 1.807) is 0 Å². The van der Waals surface area contributed by atoms with Crippen molar-refractivity contribution in [2.45, 2.75) is 6.92 Å². The lowest BCUT2D eigenvalue weighted by Crippen LogP contribution is -2.11. The van der Waals surface area contributed by atoms with E-state index in [4.69, 9.17) is 17.5 Å². The molecule has 3 heteroatoms. The van der Waals surface area contributed by atoms with Crippen molar-refractivity contribution >= 4 is 17.6 Å². The molecule has 0 bridgehead atoms. The number of hydrogen-bond donors (Lipinski definition) is 1. The summed E-state index contributed by atoms with van der Waals surface area (Å²) >= 11 is 5.20. The van der Waals surface area contributed by atoms with Crippen LogP contribution in [0.5, 0.6) is 0 Å². The third kappa shape index (κ3) is 1.95. The van der Waals surface area contributed by atoms with Crippen LogP contribution in [0.2, 0.25) is 0 Å². The van der Waals surface area contributed by atoms with E-state index < -0.39 is 0 Å². The Hall–Kier alpha value is -1.02. The first-order chi connectivity index (χ1) is 5.24. The number of aryl methyl sites for hydroxylation is 1. The molecule has 0 aliphatic carbocycles. The fraction of sp³-hybridized carbons (Fsp3) is 0.125. The Morgan fingerprint density at radius 2 is 2.27 bits per heavy atom. The predicted molar refractivity (Wildman–Crippen MR) is 47.8 cm³/mol. The van der Waals surface area contributed by atoms with Gasteiger partial charge in [-0.25, -0.2) is 0 Å². The van der Waals surface area contributed by atoms with Gasteiger partial charge in [-0.15, -0.1) is 0 Å². The molecular formula is C8H9ClN2. The third-order valence-electron chi connectivity index (χ3n) is 1.40. The first-order valence-electron chi connectivity index (χ1n) is 3.25. The molecule has 0 saturated heterocycles. The minimum atomic E-state index is 0.357. The maximum absolute atomic E-state index is 5.48. The summed E-state index contributed by atoms with van der Waals surface area (Å²) in [7, 11) is 0. The van der Waals surface area contributed by atoms with Gasteiger partial charge < -0.3 is 5.73 Å². The number of hydrogen-bond acceptors (Lipinski definition) is 1. The molecule has 0 saturated carbocycles. The minimum absolute atomic E-state index is 0.357. The van der Waals surface area contributed by atoms with E-state index in [2.05, 4.69) is 4.51 Å². The van der Waals surface area contributed by atoms with Gasteiger partial charge in [-0.05, 0) is 13.0 Å².